The zero-order chi connectivity index (χ0) is 16.2. The number of aromatic nitrogens is 4. The molecule has 3 aromatic rings. The fourth-order valence-electron chi connectivity index (χ4n) is 2.28. The number of rotatable bonds is 7. The monoisotopic (exact) mass is 331 g/mol. The van der Waals surface area contributed by atoms with E-state index < -0.39 is 12.0 Å². The van der Waals surface area contributed by atoms with Crippen LogP contribution in [-0.2, 0) is 4.79 Å². The van der Waals surface area contributed by atoms with Gasteiger partial charge in [-0.15, -0.1) is 15.3 Å². The van der Waals surface area contributed by atoms with Crippen LogP contribution in [-0.4, -0.2) is 36.9 Å². The van der Waals surface area contributed by atoms with Gasteiger partial charge in [-0.3, -0.25) is 0 Å². The third kappa shape index (κ3) is 3.31. The van der Waals surface area contributed by atoms with Crippen molar-refractivity contribution in [1.29, 1.82) is 0 Å². The van der Waals surface area contributed by atoms with Gasteiger partial charge in [-0.05, 0) is 30.0 Å². The number of carboxylic acid groups (broad SMARTS) is 1. The number of carbonyl (C=O) groups is 1. The summed E-state index contributed by atoms with van der Waals surface area (Å²) in [4.78, 5) is 11.4. The number of carboxylic acids is 1. The second-order valence-corrected chi connectivity index (χ2v) is 5.98. The molecular weight excluding hydrogens is 314 g/mol. The van der Waals surface area contributed by atoms with Crippen LogP contribution in [0, 0.1) is 0 Å². The maximum atomic E-state index is 11.4. The molecule has 7 nitrogen and oxygen atoms in total. The zero-order valence-electron chi connectivity index (χ0n) is 12.6. The van der Waals surface area contributed by atoms with Crippen molar-refractivity contribution >= 4 is 28.8 Å². The fourth-order valence-corrected chi connectivity index (χ4v) is 2.92. The highest BCUT2D eigenvalue weighted by Crippen LogP contribution is 2.21. The van der Waals surface area contributed by atoms with E-state index in [9.17, 15) is 9.90 Å². The number of aliphatic carboxylic acids is 1. The number of hydrogen-bond donors (Lipinski definition) is 2. The van der Waals surface area contributed by atoms with E-state index in [-0.39, 0.29) is 0 Å². The standard InChI is InChI=1S/C15H17N5O2S/c1-2-3-4-11(15(21)22)16-12-5-6-13-17-18-14(20(13)19-12)10-7-8-23-9-10/h5-9,11H,2-4H2,1H3,(H,16,19)(H,21,22)/t11-/m0/s1. The normalized spacial score (nSPS) is 12.4. The van der Waals surface area contributed by atoms with Crippen LogP contribution in [0.5, 0.6) is 0 Å². The highest BCUT2D eigenvalue weighted by Gasteiger charge is 2.18. The highest BCUT2D eigenvalue weighted by atomic mass is 32.1. The quantitative estimate of drug-likeness (QED) is 0.691. The predicted molar refractivity (Wildman–Crippen MR) is 88.7 cm³/mol. The molecule has 0 unspecified atom stereocenters. The first-order chi connectivity index (χ1) is 11.2. The van der Waals surface area contributed by atoms with Gasteiger partial charge in [0.05, 0.1) is 0 Å². The minimum atomic E-state index is -0.873. The third-order valence-electron chi connectivity index (χ3n) is 3.51. The Labute approximate surface area is 137 Å². The molecule has 0 aliphatic heterocycles. The van der Waals surface area contributed by atoms with E-state index in [1.807, 2.05) is 23.8 Å². The Bertz CT molecular complexity index is 799. The topological polar surface area (TPSA) is 92.4 Å². The Balaban J connectivity index is 1.89. The van der Waals surface area contributed by atoms with Crippen LogP contribution >= 0.6 is 11.3 Å². The molecule has 3 heterocycles. The van der Waals surface area contributed by atoms with E-state index in [2.05, 4.69) is 20.6 Å². The van der Waals surface area contributed by atoms with Crippen molar-refractivity contribution in [3.8, 4) is 11.4 Å². The molecule has 3 rings (SSSR count). The van der Waals surface area contributed by atoms with Gasteiger partial charge in [-0.2, -0.15) is 15.9 Å². The van der Waals surface area contributed by atoms with Gasteiger partial charge in [0.15, 0.2) is 11.5 Å². The Morgan fingerprint density at radius 1 is 1.39 bits per heavy atom. The molecule has 0 saturated carbocycles. The zero-order valence-corrected chi connectivity index (χ0v) is 13.5. The van der Waals surface area contributed by atoms with Crippen molar-refractivity contribution in [3.05, 3.63) is 29.0 Å². The van der Waals surface area contributed by atoms with Crippen LogP contribution in [0.1, 0.15) is 26.2 Å². The number of thiophene rings is 1. The van der Waals surface area contributed by atoms with Crippen molar-refractivity contribution in [2.24, 2.45) is 0 Å². The van der Waals surface area contributed by atoms with Crippen LogP contribution in [0.2, 0.25) is 0 Å². The molecule has 0 spiro atoms. The molecule has 3 aromatic heterocycles. The van der Waals surface area contributed by atoms with Crippen LogP contribution in [0.15, 0.2) is 29.0 Å². The fraction of sp³-hybridized carbons (Fsp3) is 0.333. The Hall–Kier alpha value is -2.48. The molecule has 1 atom stereocenters. The summed E-state index contributed by atoms with van der Waals surface area (Å²) in [5, 5.41) is 28.9. The van der Waals surface area contributed by atoms with Gasteiger partial charge in [0, 0.05) is 10.9 Å². The van der Waals surface area contributed by atoms with E-state index in [4.69, 9.17) is 0 Å². The molecule has 23 heavy (non-hydrogen) atoms. The summed E-state index contributed by atoms with van der Waals surface area (Å²) in [6.07, 6.45) is 2.36. The van der Waals surface area contributed by atoms with E-state index in [1.54, 1.807) is 28.0 Å². The van der Waals surface area contributed by atoms with Gasteiger partial charge >= 0.3 is 5.97 Å². The summed E-state index contributed by atoms with van der Waals surface area (Å²) in [6.45, 7) is 2.04. The Morgan fingerprint density at radius 2 is 2.26 bits per heavy atom. The SMILES string of the molecule is CCCC[C@H](Nc1ccc2nnc(-c3ccsc3)n2n1)C(=O)O. The van der Waals surface area contributed by atoms with Gasteiger partial charge in [0.1, 0.15) is 11.9 Å². The summed E-state index contributed by atoms with van der Waals surface area (Å²) >= 11 is 1.57. The van der Waals surface area contributed by atoms with E-state index in [0.717, 1.165) is 18.4 Å². The first kappa shape index (κ1) is 15.4. The molecule has 0 fully saturated rings. The molecule has 0 aromatic carbocycles. The first-order valence-corrected chi connectivity index (χ1v) is 8.37. The number of hydrogen-bond acceptors (Lipinski definition) is 6. The third-order valence-corrected chi connectivity index (χ3v) is 4.19. The molecule has 0 amide bonds. The van der Waals surface area contributed by atoms with Gasteiger partial charge in [-0.1, -0.05) is 19.8 Å². The summed E-state index contributed by atoms with van der Waals surface area (Å²) in [6, 6.07) is 4.80. The molecule has 0 saturated heterocycles. The molecule has 0 aliphatic rings. The number of nitrogens with zero attached hydrogens (tertiary/aromatic N) is 4. The molecule has 8 heteroatoms. The summed E-state index contributed by atoms with van der Waals surface area (Å²) in [5.74, 6) is 0.268. The van der Waals surface area contributed by atoms with E-state index in [1.165, 1.54) is 0 Å². The number of fused-ring (bicyclic) bond motifs is 1. The number of nitrogens with one attached hydrogen (secondary N) is 1. The van der Waals surface area contributed by atoms with Crippen molar-refractivity contribution < 1.29 is 9.90 Å². The largest absolute Gasteiger partial charge is 0.480 e. The van der Waals surface area contributed by atoms with Crippen molar-refractivity contribution in [3.63, 3.8) is 0 Å². The van der Waals surface area contributed by atoms with E-state index in [0.29, 0.717) is 23.7 Å². The number of unbranched alkanes of at least 4 members (excludes halogenated alkanes) is 1. The number of anilines is 1. The lowest BCUT2D eigenvalue weighted by Gasteiger charge is -2.14. The molecular formula is C15H17N5O2S. The summed E-state index contributed by atoms with van der Waals surface area (Å²) in [5.41, 5.74) is 1.56. The molecule has 2 N–H and O–H groups in total. The average Bonchev–Trinajstić information content (AvgIpc) is 3.19. The summed E-state index contributed by atoms with van der Waals surface area (Å²) < 4.78 is 1.63. The minimum Gasteiger partial charge on any atom is -0.480 e. The lowest BCUT2D eigenvalue weighted by molar-refractivity contribution is -0.138. The van der Waals surface area contributed by atoms with Gasteiger partial charge in [0.2, 0.25) is 0 Å². The molecule has 0 aliphatic carbocycles. The van der Waals surface area contributed by atoms with Gasteiger partial charge in [0.25, 0.3) is 0 Å². The predicted octanol–water partition coefficient (Wildman–Crippen LogP) is 2.91. The average molecular weight is 331 g/mol. The van der Waals surface area contributed by atoms with Crippen LogP contribution in [0.25, 0.3) is 17.0 Å². The first-order valence-electron chi connectivity index (χ1n) is 7.43. The molecule has 0 radical (unpaired) electrons. The molecule has 120 valence electrons. The lowest BCUT2D eigenvalue weighted by Crippen LogP contribution is -2.29. The smallest absolute Gasteiger partial charge is 0.326 e. The second kappa shape index (κ2) is 6.74. The maximum absolute atomic E-state index is 11.4. The van der Waals surface area contributed by atoms with Gasteiger partial charge in [-0.25, -0.2) is 4.79 Å². The van der Waals surface area contributed by atoms with E-state index >= 15 is 0 Å². The van der Waals surface area contributed by atoms with Crippen LogP contribution < -0.4 is 5.32 Å². The van der Waals surface area contributed by atoms with Crippen LogP contribution in [0.4, 0.5) is 5.82 Å². The second-order valence-electron chi connectivity index (χ2n) is 5.20. The molecule has 0 bridgehead atoms. The van der Waals surface area contributed by atoms with Gasteiger partial charge < -0.3 is 10.4 Å². The van der Waals surface area contributed by atoms with Crippen LogP contribution in [0.3, 0.4) is 0 Å². The highest BCUT2D eigenvalue weighted by molar-refractivity contribution is 7.08. The van der Waals surface area contributed by atoms with Crippen molar-refractivity contribution in [1.82, 2.24) is 19.8 Å². The Kier molecular flexibility index (Phi) is 4.52. The minimum absolute atomic E-state index is 0.497. The lowest BCUT2D eigenvalue weighted by atomic mass is 10.1. The maximum Gasteiger partial charge on any atom is 0.326 e. The van der Waals surface area contributed by atoms with Crippen molar-refractivity contribution in [2.75, 3.05) is 5.32 Å². The van der Waals surface area contributed by atoms with Crippen molar-refractivity contribution in [2.45, 2.75) is 32.2 Å². The summed E-state index contributed by atoms with van der Waals surface area (Å²) in [7, 11) is 0. The Morgan fingerprint density at radius 3 is 2.96 bits per heavy atom.